The number of ether oxygens (including phenoxy) is 1. The van der Waals surface area contributed by atoms with E-state index in [1.54, 1.807) is 0 Å². The molecule has 1 atom stereocenters. The monoisotopic (exact) mass is 367 g/mol. The molecule has 1 aromatic rings. The zero-order chi connectivity index (χ0) is 19.0. The smallest absolute Gasteiger partial charge is 0.326 e. The Hall–Kier alpha value is -1.53. The molecule has 140 valence electrons. The molecule has 0 fully saturated rings. The summed E-state index contributed by atoms with van der Waals surface area (Å²) in [6.07, 6.45) is 0.242. The van der Waals surface area contributed by atoms with Crippen molar-refractivity contribution in [2.24, 2.45) is 0 Å². The van der Waals surface area contributed by atoms with Crippen LogP contribution in [0.4, 0.5) is 0 Å². The summed E-state index contributed by atoms with van der Waals surface area (Å²) >= 11 is 1.39. The fraction of sp³-hybridized carbons (Fsp3) is 0.579. The molecule has 1 amide bonds. The molecule has 25 heavy (non-hydrogen) atoms. The van der Waals surface area contributed by atoms with Crippen LogP contribution in [0.5, 0.6) is 0 Å². The van der Waals surface area contributed by atoms with E-state index in [1.807, 2.05) is 32.9 Å². The normalized spacial score (nSPS) is 12.9. The lowest BCUT2D eigenvalue weighted by Crippen LogP contribution is -2.42. The number of carboxylic acids is 1. The molecule has 0 radical (unpaired) electrons. The third-order valence-corrected chi connectivity index (χ3v) is 4.50. The molecule has 0 spiro atoms. The Balaban J connectivity index is 2.45. The van der Waals surface area contributed by atoms with Gasteiger partial charge in [-0.1, -0.05) is 26.0 Å². The molecule has 0 saturated heterocycles. The van der Waals surface area contributed by atoms with E-state index < -0.39 is 12.0 Å². The van der Waals surface area contributed by atoms with Crippen LogP contribution in [0.25, 0.3) is 0 Å². The number of hydrogen-bond acceptors (Lipinski definition) is 4. The van der Waals surface area contributed by atoms with Crippen LogP contribution in [-0.4, -0.2) is 41.0 Å². The summed E-state index contributed by atoms with van der Waals surface area (Å²) in [6, 6.07) is 7.14. The van der Waals surface area contributed by atoms with Crippen molar-refractivity contribution < 1.29 is 19.4 Å². The van der Waals surface area contributed by atoms with E-state index in [9.17, 15) is 14.7 Å². The van der Waals surface area contributed by atoms with Crippen molar-refractivity contribution in [3.63, 3.8) is 0 Å². The SMILES string of the molecule is CC(C)c1ccc(SCC(=O)NC(CCOC(C)(C)C)C(=O)O)cc1. The predicted octanol–water partition coefficient (Wildman–Crippen LogP) is 3.68. The van der Waals surface area contributed by atoms with E-state index in [0.29, 0.717) is 5.92 Å². The molecule has 1 aromatic carbocycles. The first-order valence-electron chi connectivity index (χ1n) is 8.47. The summed E-state index contributed by atoms with van der Waals surface area (Å²) < 4.78 is 5.53. The number of rotatable bonds is 9. The fourth-order valence-electron chi connectivity index (χ4n) is 2.07. The predicted molar refractivity (Wildman–Crippen MR) is 101 cm³/mol. The maximum Gasteiger partial charge on any atom is 0.326 e. The summed E-state index contributed by atoms with van der Waals surface area (Å²) in [4.78, 5) is 24.3. The number of hydrogen-bond donors (Lipinski definition) is 2. The van der Waals surface area contributed by atoms with Crippen LogP contribution in [-0.2, 0) is 14.3 Å². The second-order valence-corrected chi connectivity index (χ2v) is 8.27. The standard InChI is InChI=1S/C19H29NO4S/c1-13(2)14-6-8-15(9-7-14)25-12-17(21)20-16(18(22)23)10-11-24-19(3,4)5/h6-9,13,16H,10-12H2,1-5H3,(H,20,21)(H,22,23). The number of carbonyl (C=O) groups is 2. The molecule has 5 nitrogen and oxygen atoms in total. The van der Waals surface area contributed by atoms with Crippen molar-refractivity contribution in [2.45, 2.75) is 63.5 Å². The van der Waals surface area contributed by atoms with E-state index in [1.165, 1.54) is 17.3 Å². The van der Waals surface area contributed by atoms with Gasteiger partial charge in [-0.2, -0.15) is 0 Å². The van der Waals surface area contributed by atoms with E-state index in [-0.39, 0.29) is 30.3 Å². The minimum atomic E-state index is -1.04. The van der Waals surface area contributed by atoms with Crippen molar-refractivity contribution >= 4 is 23.6 Å². The van der Waals surface area contributed by atoms with Gasteiger partial charge in [-0.25, -0.2) is 4.79 Å². The van der Waals surface area contributed by atoms with Crippen LogP contribution in [0.3, 0.4) is 0 Å². The van der Waals surface area contributed by atoms with Gasteiger partial charge in [0.1, 0.15) is 6.04 Å². The van der Waals surface area contributed by atoms with Gasteiger partial charge in [-0.15, -0.1) is 11.8 Å². The van der Waals surface area contributed by atoms with Gasteiger partial charge in [0.15, 0.2) is 0 Å². The molecular formula is C19H29NO4S. The number of benzene rings is 1. The number of carbonyl (C=O) groups excluding carboxylic acids is 1. The van der Waals surface area contributed by atoms with E-state index in [4.69, 9.17) is 4.74 Å². The summed E-state index contributed by atoms with van der Waals surface area (Å²) in [5.74, 6) is -0.683. The van der Waals surface area contributed by atoms with Crippen LogP contribution < -0.4 is 5.32 Å². The van der Waals surface area contributed by atoms with Gasteiger partial charge in [0, 0.05) is 17.9 Å². The molecule has 0 bridgehead atoms. The first-order valence-corrected chi connectivity index (χ1v) is 9.46. The maximum absolute atomic E-state index is 12.0. The fourth-order valence-corrected chi connectivity index (χ4v) is 2.78. The van der Waals surface area contributed by atoms with Gasteiger partial charge in [0.05, 0.1) is 11.4 Å². The van der Waals surface area contributed by atoms with Gasteiger partial charge >= 0.3 is 5.97 Å². The molecule has 2 N–H and O–H groups in total. The minimum absolute atomic E-state index is 0.185. The van der Waals surface area contributed by atoms with Gasteiger partial charge in [0.2, 0.25) is 5.91 Å². The Morgan fingerprint density at radius 1 is 1.20 bits per heavy atom. The van der Waals surface area contributed by atoms with Crippen LogP contribution in [0, 0.1) is 0 Å². The highest BCUT2D eigenvalue weighted by molar-refractivity contribution is 8.00. The number of aliphatic carboxylic acids is 1. The van der Waals surface area contributed by atoms with Crippen molar-refractivity contribution in [3.05, 3.63) is 29.8 Å². The highest BCUT2D eigenvalue weighted by atomic mass is 32.2. The number of nitrogens with one attached hydrogen (secondary N) is 1. The lowest BCUT2D eigenvalue weighted by Gasteiger charge is -2.21. The third-order valence-electron chi connectivity index (χ3n) is 3.49. The minimum Gasteiger partial charge on any atom is -0.480 e. The molecule has 0 aliphatic heterocycles. The Morgan fingerprint density at radius 2 is 1.80 bits per heavy atom. The highest BCUT2D eigenvalue weighted by Gasteiger charge is 2.21. The van der Waals surface area contributed by atoms with Crippen LogP contribution in [0.15, 0.2) is 29.2 Å². The van der Waals surface area contributed by atoms with E-state index >= 15 is 0 Å². The van der Waals surface area contributed by atoms with E-state index in [2.05, 4.69) is 31.3 Å². The van der Waals surface area contributed by atoms with Crippen molar-refractivity contribution in [2.75, 3.05) is 12.4 Å². The van der Waals surface area contributed by atoms with Crippen molar-refractivity contribution in [1.29, 1.82) is 0 Å². The van der Waals surface area contributed by atoms with Gasteiger partial charge < -0.3 is 15.2 Å². The van der Waals surface area contributed by atoms with Gasteiger partial charge in [-0.05, 0) is 44.4 Å². The second-order valence-electron chi connectivity index (χ2n) is 7.22. The quantitative estimate of drug-likeness (QED) is 0.651. The third kappa shape index (κ3) is 8.93. The highest BCUT2D eigenvalue weighted by Crippen LogP contribution is 2.21. The first kappa shape index (κ1) is 21.5. The Labute approximate surface area is 154 Å². The van der Waals surface area contributed by atoms with Crippen LogP contribution in [0.2, 0.25) is 0 Å². The van der Waals surface area contributed by atoms with E-state index in [0.717, 1.165) is 4.90 Å². The van der Waals surface area contributed by atoms with Crippen LogP contribution in [0.1, 0.15) is 52.5 Å². The molecule has 0 aliphatic rings. The first-order chi connectivity index (χ1) is 11.6. The lowest BCUT2D eigenvalue weighted by molar-refractivity contribution is -0.142. The van der Waals surface area contributed by atoms with Crippen molar-refractivity contribution in [1.82, 2.24) is 5.32 Å². The summed E-state index contributed by atoms with van der Waals surface area (Å²) in [7, 11) is 0. The molecule has 0 aromatic heterocycles. The molecule has 0 heterocycles. The Morgan fingerprint density at radius 3 is 2.28 bits per heavy atom. The summed E-state index contributed by atoms with van der Waals surface area (Å²) in [5, 5.41) is 11.8. The summed E-state index contributed by atoms with van der Waals surface area (Å²) in [5.41, 5.74) is 0.920. The maximum atomic E-state index is 12.0. The molecule has 0 aliphatic carbocycles. The van der Waals surface area contributed by atoms with Crippen LogP contribution >= 0.6 is 11.8 Å². The zero-order valence-corrected chi connectivity index (χ0v) is 16.5. The lowest BCUT2D eigenvalue weighted by atomic mass is 10.0. The largest absolute Gasteiger partial charge is 0.480 e. The molecule has 0 saturated carbocycles. The number of amides is 1. The molecule has 1 rings (SSSR count). The molecular weight excluding hydrogens is 338 g/mol. The van der Waals surface area contributed by atoms with Crippen molar-refractivity contribution in [3.8, 4) is 0 Å². The number of carboxylic acid groups (broad SMARTS) is 1. The average molecular weight is 368 g/mol. The Bertz CT molecular complexity index is 564. The van der Waals surface area contributed by atoms with Gasteiger partial charge in [-0.3, -0.25) is 4.79 Å². The molecule has 6 heteroatoms. The topological polar surface area (TPSA) is 75.6 Å². The average Bonchev–Trinajstić information content (AvgIpc) is 2.51. The second kappa shape index (κ2) is 9.82. The molecule has 1 unspecified atom stereocenters. The Kier molecular flexibility index (Phi) is 8.45. The van der Waals surface area contributed by atoms with Gasteiger partial charge in [0.25, 0.3) is 0 Å². The summed E-state index contributed by atoms with van der Waals surface area (Å²) in [6.45, 7) is 10.3. The number of thioether (sulfide) groups is 1. The zero-order valence-electron chi connectivity index (χ0n) is 15.7.